The van der Waals surface area contributed by atoms with Crippen molar-refractivity contribution in [2.45, 2.75) is 20.0 Å². The molecule has 0 unspecified atom stereocenters. The Morgan fingerprint density at radius 1 is 1.23 bits per heavy atom. The Hall–Kier alpha value is -1.58. The second-order valence-corrected chi connectivity index (χ2v) is 3.08. The molecular weight excluding hydrogens is 168 g/mol. The number of benzene rings is 1. The van der Waals surface area contributed by atoms with Crippen LogP contribution < -0.4 is 4.74 Å². The number of hydrogen-bond acceptors (Lipinski definition) is 4. The third kappa shape index (κ3) is 1.61. The third-order valence-corrected chi connectivity index (χ3v) is 1.60. The molecule has 2 aromatic rings. The first kappa shape index (κ1) is 8.04. The quantitative estimate of drug-likeness (QED) is 0.705. The second-order valence-electron chi connectivity index (χ2n) is 3.08. The lowest BCUT2D eigenvalue weighted by atomic mass is 10.3. The molecule has 0 aliphatic heterocycles. The standard InChI is InChI=1S/C9H10N2O2/c1-6(2)12-7-3-4-8-9(5-7)11-13-10-8/h3-6H,1-2H3. The van der Waals surface area contributed by atoms with Crippen molar-refractivity contribution in [1.82, 2.24) is 10.3 Å². The predicted octanol–water partition coefficient (Wildman–Crippen LogP) is 2.01. The van der Waals surface area contributed by atoms with Gasteiger partial charge in [-0.15, -0.1) is 0 Å². The zero-order chi connectivity index (χ0) is 9.26. The van der Waals surface area contributed by atoms with Crippen LogP contribution in [0.15, 0.2) is 22.8 Å². The van der Waals surface area contributed by atoms with E-state index in [1.54, 1.807) is 0 Å². The van der Waals surface area contributed by atoms with Crippen molar-refractivity contribution in [3.8, 4) is 5.75 Å². The third-order valence-electron chi connectivity index (χ3n) is 1.60. The van der Waals surface area contributed by atoms with E-state index in [0.717, 1.165) is 16.8 Å². The Morgan fingerprint density at radius 3 is 2.77 bits per heavy atom. The molecular formula is C9H10N2O2. The number of hydrogen-bond donors (Lipinski definition) is 0. The Bertz CT molecular complexity index is 409. The van der Waals surface area contributed by atoms with E-state index in [0.29, 0.717) is 0 Å². The first-order valence-electron chi connectivity index (χ1n) is 4.14. The van der Waals surface area contributed by atoms with Crippen LogP contribution >= 0.6 is 0 Å². The van der Waals surface area contributed by atoms with Crippen molar-refractivity contribution >= 4 is 11.0 Å². The molecule has 2 rings (SSSR count). The van der Waals surface area contributed by atoms with Gasteiger partial charge in [-0.2, -0.15) is 0 Å². The van der Waals surface area contributed by atoms with Crippen LogP contribution in [0, 0.1) is 0 Å². The summed E-state index contributed by atoms with van der Waals surface area (Å²) in [5.74, 6) is 0.790. The first-order valence-corrected chi connectivity index (χ1v) is 4.14. The summed E-state index contributed by atoms with van der Waals surface area (Å²) in [5, 5.41) is 7.42. The van der Waals surface area contributed by atoms with E-state index in [1.165, 1.54) is 0 Å². The molecule has 0 N–H and O–H groups in total. The molecule has 0 aliphatic rings. The molecule has 0 atom stereocenters. The van der Waals surface area contributed by atoms with Crippen LogP contribution in [0.3, 0.4) is 0 Å². The van der Waals surface area contributed by atoms with Crippen LogP contribution in [-0.4, -0.2) is 16.4 Å². The van der Waals surface area contributed by atoms with Crippen molar-refractivity contribution in [2.24, 2.45) is 0 Å². The summed E-state index contributed by atoms with van der Waals surface area (Å²) in [6, 6.07) is 5.49. The molecule has 0 saturated heterocycles. The highest BCUT2D eigenvalue weighted by atomic mass is 16.6. The molecule has 0 spiro atoms. The lowest BCUT2D eigenvalue weighted by molar-refractivity contribution is 0.242. The van der Waals surface area contributed by atoms with Gasteiger partial charge >= 0.3 is 0 Å². The Labute approximate surface area is 75.5 Å². The minimum Gasteiger partial charge on any atom is -0.491 e. The number of ether oxygens (including phenoxy) is 1. The molecule has 0 amide bonds. The summed E-state index contributed by atoms with van der Waals surface area (Å²) < 4.78 is 10.1. The summed E-state index contributed by atoms with van der Waals surface area (Å²) in [6.45, 7) is 3.95. The minimum absolute atomic E-state index is 0.164. The van der Waals surface area contributed by atoms with Crippen LogP contribution in [0.4, 0.5) is 0 Å². The van der Waals surface area contributed by atoms with Crippen LogP contribution in [0.2, 0.25) is 0 Å². The van der Waals surface area contributed by atoms with Gasteiger partial charge in [-0.3, -0.25) is 0 Å². The molecule has 1 aromatic heterocycles. The highest BCUT2D eigenvalue weighted by molar-refractivity contribution is 5.74. The van der Waals surface area contributed by atoms with Gasteiger partial charge in [0, 0.05) is 6.07 Å². The van der Waals surface area contributed by atoms with Crippen LogP contribution in [0.1, 0.15) is 13.8 Å². The molecule has 1 heterocycles. The maximum absolute atomic E-state index is 5.48. The van der Waals surface area contributed by atoms with Gasteiger partial charge in [0.15, 0.2) is 0 Å². The van der Waals surface area contributed by atoms with Crippen molar-refractivity contribution < 1.29 is 9.37 Å². The Balaban J connectivity index is 2.37. The van der Waals surface area contributed by atoms with Gasteiger partial charge < -0.3 is 4.74 Å². The monoisotopic (exact) mass is 178 g/mol. The molecule has 13 heavy (non-hydrogen) atoms. The van der Waals surface area contributed by atoms with Crippen molar-refractivity contribution in [1.29, 1.82) is 0 Å². The molecule has 0 fully saturated rings. The topological polar surface area (TPSA) is 48.2 Å². The van der Waals surface area contributed by atoms with E-state index < -0.39 is 0 Å². The van der Waals surface area contributed by atoms with Gasteiger partial charge in [0.1, 0.15) is 16.8 Å². The molecule has 1 aromatic carbocycles. The van der Waals surface area contributed by atoms with Crippen molar-refractivity contribution in [3.63, 3.8) is 0 Å². The van der Waals surface area contributed by atoms with E-state index in [9.17, 15) is 0 Å². The molecule has 0 aliphatic carbocycles. The van der Waals surface area contributed by atoms with Gasteiger partial charge in [-0.05, 0) is 36.3 Å². The van der Waals surface area contributed by atoms with Crippen LogP contribution in [0.25, 0.3) is 11.0 Å². The molecule has 0 radical (unpaired) electrons. The SMILES string of the molecule is CC(C)Oc1ccc2nonc2c1. The fourth-order valence-electron chi connectivity index (χ4n) is 1.11. The molecule has 4 nitrogen and oxygen atoms in total. The summed E-state index contributed by atoms with van der Waals surface area (Å²) in [6.07, 6.45) is 0.164. The summed E-state index contributed by atoms with van der Waals surface area (Å²) >= 11 is 0. The fourth-order valence-corrected chi connectivity index (χ4v) is 1.11. The lowest BCUT2D eigenvalue weighted by Gasteiger charge is -2.08. The van der Waals surface area contributed by atoms with Crippen LogP contribution in [0.5, 0.6) is 5.75 Å². The average Bonchev–Trinajstić information content (AvgIpc) is 2.49. The molecule has 68 valence electrons. The van der Waals surface area contributed by atoms with E-state index in [-0.39, 0.29) is 6.10 Å². The Kier molecular flexibility index (Phi) is 1.88. The maximum atomic E-state index is 5.48. The number of rotatable bonds is 2. The highest BCUT2D eigenvalue weighted by Gasteiger charge is 2.02. The van der Waals surface area contributed by atoms with E-state index in [2.05, 4.69) is 14.9 Å². The van der Waals surface area contributed by atoms with Gasteiger partial charge in [0.2, 0.25) is 0 Å². The summed E-state index contributed by atoms with van der Waals surface area (Å²) in [7, 11) is 0. The predicted molar refractivity (Wildman–Crippen MR) is 47.6 cm³/mol. The average molecular weight is 178 g/mol. The van der Waals surface area contributed by atoms with Crippen molar-refractivity contribution in [3.05, 3.63) is 18.2 Å². The molecule has 4 heteroatoms. The largest absolute Gasteiger partial charge is 0.491 e. The van der Waals surface area contributed by atoms with Gasteiger partial charge in [0.25, 0.3) is 0 Å². The lowest BCUT2D eigenvalue weighted by Crippen LogP contribution is -2.05. The van der Waals surface area contributed by atoms with Gasteiger partial charge in [-0.25, -0.2) is 4.63 Å². The highest BCUT2D eigenvalue weighted by Crippen LogP contribution is 2.18. The minimum atomic E-state index is 0.164. The molecule has 0 bridgehead atoms. The second kappa shape index (κ2) is 3.05. The smallest absolute Gasteiger partial charge is 0.138 e. The maximum Gasteiger partial charge on any atom is 0.138 e. The van der Waals surface area contributed by atoms with E-state index in [4.69, 9.17) is 4.74 Å². The van der Waals surface area contributed by atoms with Gasteiger partial charge in [-0.1, -0.05) is 0 Å². The van der Waals surface area contributed by atoms with Crippen LogP contribution in [-0.2, 0) is 0 Å². The number of fused-ring (bicyclic) bond motifs is 1. The fraction of sp³-hybridized carbons (Fsp3) is 0.333. The van der Waals surface area contributed by atoms with E-state index in [1.807, 2.05) is 32.0 Å². The summed E-state index contributed by atoms with van der Waals surface area (Å²) in [5.41, 5.74) is 1.47. The number of aromatic nitrogens is 2. The number of nitrogens with zero attached hydrogens (tertiary/aromatic N) is 2. The normalized spacial score (nSPS) is 11.0. The van der Waals surface area contributed by atoms with Gasteiger partial charge in [0.05, 0.1) is 6.10 Å². The van der Waals surface area contributed by atoms with E-state index >= 15 is 0 Å². The molecule has 0 saturated carbocycles. The Morgan fingerprint density at radius 2 is 2.00 bits per heavy atom. The van der Waals surface area contributed by atoms with Crippen molar-refractivity contribution in [2.75, 3.05) is 0 Å². The zero-order valence-corrected chi connectivity index (χ0v) is 7.52. The summed E-state index contributed by atoms with van der Waals surface area (Å²) in [4.78, 5) is 0. The first-order chi connectivity index (χ1) is 6.25. The zero-order valence-electron chi connectivity index (χ0n) is 7.52.